The molecule has 0 aliphatic rings. The Morgan fingerprint density at radius 1 is 1.38 bits per heavy atom. The summed E-state index contributed by atoms with van der Waals surface area (Å²) in [6.45, 7) is 5.82. The first-order valence-corrected chi connectivity index (χ1v) is 5.68. The third-order valence-electron chi connectivity index (χ3n) is 2.44. The molecule has 0 saturated heterocycles. The molecule has 0 aliphatic heterocycles. The number of ether oxygens (including phenoxy) is 1. The van der Waals surface area contributed by atoms with E-state index in [1.165, 1.54) is 6.07 Å². The molecule has 0 saturated carbocycles. The molecule has 0 aliphatic carbocycles. The minimum Gasteiger partial charge on any atom is -0.377 e. The quantitative estimate of drug-likeness (QED) is 0.755. The van der Waals surface area contributed by atoms with Gasteiger partial charge in [-0.2, -0.15) is 0 Å². The Morgan fingerprint density at radius 3 is 2.75 bits per heavy atom. The lowest BCUT2D eigenvalue weighted by Crippen LogP contribution is -2.03. The van der Waals surface area contributed by atoms with Crippen molar-refractivity contribution < 1.29 is 9.13 Å². The summed E-state index contributed by atoms with van der Waals surface area (Å²) in [6.07, 6.45) is 1.05. The van der Waals surface area contributed by atoms with Gasteiger partial charge in [0.15, 0.2) is 0 Å². The first kappa shape index (κ1) is 13.1. The zero-order chi connectivity index (χ0) is 12.0. The molecule has 0 unspecified atom stereocenters. The van der Waals surface area contributed by atoms with Crippen molar-refractivity contribution in [2.45, 2.75) is 33.4 Å². The second-order valence-electron chi connectivity index (χ2n) is 4.36. The summed E-state index contributed by atoms with van der Waals surface area (Å²) in [5.41, 5.74) is 6.96. The van der Waals surface area contributed by atoms with Gasteiger partial charge in [0.05, 0.1) is 6.61 Å². The molecule has 2 nitrogen and oxygen atoms in total. The minimum absolute atomic E-state index is 0.228. The highest BCUT2D eigenvalue weighted by atomic mass is 19.1. The first-order chi connectivity index (χ1) is 7.63. The molecule has 0 spiro atoms. The summed E-state index contributed by atoms with van der Waals surface area (Å²) in [5, 5.41) is 0. The van der Waals surface area contributed by atoms with Crippen LogP contribution in [-0.4, -0.2) is 6.61 Å². The number of halogens is 1. The molecular weight excluding hydrogens is 205 g/mol. The van der Waals surface area contributed by atoms with Crippen LogP contribution in [0, 0.1) is 11.7 Å². The summed E-state index contributed by atoms with van der Waals surface area (Å²) in [5.74, 6) is 0.404. The van der Waals surface area contributed by atoms with Gasteiger partial charge >= 0.3 is 0 Å². The Balaban J connectivity index is 2.42. The number of hydrogen-bond donors (Lipinski definition) is 1. The van der Waals surface area contributed by atoms with E-state index < -0.39 is 0 Å². The standard InChI is InChI=1S/C13H20FNO/c1-10(2)5-6-16-9-11-3-4-13(14)12(7-11)8-15/h3-4,7,10H,5-6,8-9,15H2,1-2H3. The van der Waals surface area contributed by atoms with Gasteiger partial charge in [-0.25, -0.2) is 4.39 Å². The van der Waals surface area contributed by atoms with Crippen LogP contribution in [0.15, 0.2) is 18.2 Å². The van der Waals surface area contributed by atoms with E-state index >= 15 is 0 Å². The van der Waals surface area contributed by atoms with Crippen molar-refractivity contribution >= 4 is 0 Å². The zero-order valence-corrected chi connectivity index (χ0v) is 10.0. The lowest BCUT2D eigenvalue weighted by molar-refractivity contribution is 0.110. The highest BCUT2D eigenvalue weighted by Crippen LogP contribution is 2.11. The van der Waals surface area contributed by atoms with Gasteiger partial charge in [0.2, 0.25) is 0 Å². The molecule has 0 radical (unpaired) electrons. The summed E-state index contributed by atoms with van der Waals surface area (Å²) in [7, 11) is 0. The van der Waals surface area contributed by atoms with Crippen LogP contribution in [0.3, 0.4) is 0 Å². The summed E-state index contributed by atoms with van der Waals surface area (Å²) >= 11 is 0. The average Bonchev–Trinajstić information content (AvgIpc) is 2.26. The molecule has 3 heteroatoms. The molecule has 0 aromatic heterocycles. The second-order valence-corrected chi connectivity index (χ2v) is 4.36. The van der Waals surface area contributed by atoms with E-state index in [1.807, 2.05) is 0 Å². The monoisotopic (exact) mass is 225 g/mol. The van der Waals surface area contributed by atoms with Crippen molar-refractivity contribution in [3.05, 3.63) is 35.1 Å². The highest BCUT2D eigenvalue weighted by Gasteiger charge is 2.02. The maximum absolute atomic E-state index is 13.1. The van der Waals surface area contributed by atoms with E-state index in [4.69, 9.17) is 10.5 Å². The van der Waals surface area contributed by atoms with Gasteiger partial charge in [0.25, 0.3) is 0 Å². The van der Waals surface area contributed by atoms with Crippen LogP contribution in [0.25, 0.3) is 0 Å². The van der Waals surface area contributed by atoms with Crippen molar-refractivity contribution in [2.75, 3.05) is 6.61 Å². The Kier molecular flexibility index (Phi) is 5.43. The minimum atomic E-state index is -0.242. The van der Waals surface area contributed by atoms with Crippen LogP contribution in [0.5, 0.6) is 0 Å². The SMILES string of the molecule is CC(C)CCOCc1ccc(F)c(CN)c1. The normalized spacial score (nSPS) is 11.1. The molecule has 1 rings (SSSR count). The fraction of sp³-hybridized carbons (Fsp3) is 0.538. The molecule has 2 N–H and O–H groups in total. The lowest BCUT2D eigenvalue weighted by Gasteiger charge is -2.08. The van der Waals surface area contributed by atoms with E-state index in [0.717, 1.165) is 18.6 Å². The molecule has 0 amide bonds. The summed E-state index contributed by atoms with van der Waals surface area (Å²) in [6, 6.07) is 4.96. The molecule has 0 heterocycles. The Labute approximate surface area is 96.6 Å². The third-order valence-corrected chi connectivity index (χ3v) is 2.44. The van der Waals surface area contributed by atoms with E-state index in [2.05, 4.69) is 13.8 Å². The number of benzene rings is 1. The van der Waals surface area contributed by atoms with E-state index in [-0.39, 0.29) is 12.4 Å². The Hall–Kier alpha value is -0.930. The maximum atomic E-state index is 13.1. The van der Waals surface area contributed by atoms with E-state index in [1.54, 1.807) is 12.1 Å². The van der Waals surface area contributed by atoms with E-state index in [9.17, 15) is 4.39 Å². The topological polar surface area (TPSA) is 35.2 Å². The van der Waals surface area contributed by atoms with Crippen molar-refractivity contribution in [1.29, 1.82) is 0 Å². The van der Waals surface area contributed by atoms with Crippen LogP contribution in [0.4, 0.5) is 4.39 Å². The predicted molar refractivity (Wildman–Crippen MR) is 63.4 cm³/mol. The van der Waals surface area contributed by atoms with Gasteiger partial charge in [0.1, 0.15) is 5.82 Å². The predicted octanol–water partition coefficient (Wildman–Crippen LogP) is 2.85. The lowest BCUT2D eigenvalue weighted by atomic mass is 10.1. The van der Waals surface area contributed by atoms with Crippen LogP contribution in [0.2, 0.25) is 0 Å². The van der Waals surface area contributed by atoms with Gasteiger partial charge < -0.3 is 10.5 Å². The molecule has 0 atom stereocenters. The maximum Gasteiger partial charge on any atom is 0.127 e. The smallest absolute Gasteiger partial charge is 0.127 e. The van der Waals surface area contributed by atoms with Crippen molar-refractivity contribution in [3.8, 4) is 0 Å². The summed E-state index contributed by atoms with van der Waals surface area (Å²) in [4.78, 5) is 0. The van der Waals surface area contributed by atoms with Gasteiger partial charge in [-0.05, 0) is 30.0 Å². The van der Waals surface area contributed by atoms with Crippen LogP contribution >= 0.6 is 0 Å². The molecular formula is C13H20FNO. The highest BCUT2D eigenvalue weighted by molar-refractivity contribution is 5.24. The average molecular weight is 225 g/mol. The molecule has 0 bridgehead atoms. The molecule has 1 aromatic carbocycles. The van der Waals surface area contributed by atoms with Crippen LogP contribution in [-0.2, 0) is 17.9 Å². The Morgan fingerprint density at radius 2 is 2.12 bits per heavy atom. The molecule has 1 aromatic rings. The van der Waals surface area contributed by atoms with Crippen molar-refractivity contribution in [2.24, 2.45) is 11.7 Å². The number of rotatable bonds is 6. The third kappa shape index (κ3) is 4.29. The van der Waals surface area contributed by atoms with Gasteiger partial charge in [-0.3, -0.25) is 0 Å². The second kappa shape index (κ2) is 6.61. The van der Waals surface area contributed by atoms with Crippen molar-refractivity contribution in [1.82, 2.24) is 0 Å². The van der Waals surface area contributed by atoms with Crippen LogP contribution in [0.1, 0.15) is 31.4 Å². The molecule has 16 heavy (non-hydrogen) atoms. The fourth-order valence-electron chi connectivity index (χ4n) is 1.38. The summed E-state index contributed by atoms with van der Waals surface area (Å²) < 4.78 is 18.6. The van der Waals surface area contributed by atoms with Gasteiger partial charge in [-0.1, -0.05) is 19.9 Å². The molecule has 90 valence electrons. The Bertz CT molecular complexity index is 326. The van der Waals surface area contributed by atoms with Crippen molar-refractivity contribution in [3.63, 3.8) is 0 Å². The zero-order valence-electron chi connectivity index (χ0n) is 10.0. The largest absolute Gasteiger partial charge is 0.377 e. The number of hydrogen-bond acceptors (Lipinski definition) is 2. The first-order valence-electron chi connectivity index (χ1n) is 5.68. The number of nitrogens with two attached hydrogens (primary N) is 1. The van der Waals surface area contributed by atoms with Gasteiger partial charge in [-0.15, -0.1) is 0 Å². The van der Waals surface area contributed by atoms with E-state index in [0.29, 0.717) is 18.1 Å². The molecule has 0 fully saturated rings. The fourth-order valence-corrected chi connectivity index (χ4v) is 1.38. The van der Waals surface area contributed by atoms with Crippen LogP contribution < -0.4 is 5.73 Å². The van der Waals surface area contributed by atoms with Gasteiger partial charge in [0, 0.05) is 18.7 Å².